The van der Waals surface area contributed by atoms with Crippen LogP contribution in [0, 0.1) is 6.92 Å². The van der Waals surface area contributed by atoms with E-state index in [1.807, 2.05) is 27.7 Å². The van der Waals surface area contributed by atoms with E-state index in [0.29, 0.717) is 11.4 Å². The molecule has 3 rings (SSSR count). The maximum atomic E-state index is 12.3. The van der Waals surface area contributed by atoms with Crippen molar-refractivity contribution >= 4 is 12.2 Å². The minimum atomic E-state index is -0.402. The monoisotopic (exact) mass is 340 g/mol. The third-order valence-electron chi connectivity index (χ3n) is 3.84. The van der Waals surface area contributed by atoms with Gasteiger partial charge in [-0.3, -0.25) is 9.59 Å². The zero-order valence-electron chi connectivity index (χ0n) is 14.5. The lowest BCUT2D eigenvalue weighted by atomic mass is 9.90. The van der Waals surface area contributed by atoms with Gasteiger partial charge in [0.2, 0.25) is 0 Å². The Labute approximate surface area is 142 Å². The lowest BCUT2D eigenvalue weighted by Gasteiger charge is -2.16. The van der Waals surface area contributed by atoms with Crippen molar-refractivity contribution in [1.29, 1.82) is 0 Å². The summed E-state index contributed by atoms with van der Waals surface area (Å²) in [5.74, 6) is 0. The number of rotatable bonds is 2. The molecule has 8 nitrogen and oxygen atoms in total. The van der Waals surface area contributed by atoms with Gasteiger partial charge in [0, 0.05) is 16.8 Å². The Morgan fingerprint density at radius 1 is 0.880 bits per heavy atom. The van der Waals surface area contributed by atoms with Gasteiger partial charge in [-0.15, -0.1) is 0 Å². The Kier molecular flexibility index (Phi) is 4.03. The van der Waals surface area contributed by atoms with Gasteiger partial charge in [-0.25, -0.2) is 9.97 Å². The molecular formula is C17H20N6O2. The summed E-state index contributed by atoms with van der Waals surface area (Å²) in [7, 11) is 0. The molecule has 8 heteroatoms. The van der Waals surface area contributed by atoms with Crippen LogP contribution >= 0.6 is 0 Å². The van der Waals surface area contributed by atoms with Crippen LogP contribution in [0.4, 0.5) is 0 Å². The minimum absolute atomic E-state index is 0.149. The summed E-state index contributed by atoms with van der Waals surface area (Å²) in [4.78, 5) is 44.2. The van der Waals surface area contributed by atoms with Gasteiger partial charge >= 0.3 is 0 Å². The molecule has 0 spiro atoms. The molecule has 0 atom stereocenters. The molecule has 3 heterocycles. The highest BCUT2D eigenvalue weighted by Gasteiger charge is 2.19. The zero-order valence-corrected chi connectivity index (χ0v) is 14.5. The number of nitrogens with zero attached hydrogens (tertiary/aromatic N) is 2. The fraction of sp³-hybridized carbons (Fsp3) is 0.294. The molecule has 0 amide bonds. The summed E-state index contributed by atoms with van der Waals surface area (Å²) in [6, 6.07) is 0. The Bertz CT molecular complexity index is 1140. The van der Waals surface area contributed by atoms with E-state index in [2.05, 4.69) is 29.9 Å². The van der Waals surface area contributed by atoms with Crippen LogP contribution in [0.1, 0.15) is 43.5 Å². The number of imidazole rings is 2. The van der Waals surface area contributed by atoms with Gasteiger partial charge in [0.1, 0.15) is 10.7 Å². The van der Waals surface area contributed by atoms with Crippen LogP contribution < -0.4 is 21.8 Å². The van der Waals surface area contributed by atoms with Gasteiger partial charge < -0.3 is 19.9 Å². The first-order valence-electron chi connectivity index (χ1n) is 7.85. The number of aromatic amines is 4. The van der Waals surface area contributed by atoms with Gasteiger partial charge in [-0.05, 0) is 19.1 Å². The predicted octanol–water partition coefficient (Wildman–Crippen LogP) is -0.227. The second-order valence-electron chi connectivity index (χ2n) is 6.85. The van der Waals surface area contributed by atoms with Gasteiger partial charge in [-0.2, -0.15) is 0 Å². The molecule has 0 aliphatic heterocycles. The van der Waals surface area contributed by atoms with E-state index in [0.717, 1.165) is 11.4 Å². The molecule has 0 saturated carbocycles. The molecule has 0 saturated heterocycles. The number of aromatic nitrogens is 6. The van der Waals surface area contributed by atoms with E-state index in [-0.39, 0.29) is 16.1 Å². The van der Waals surface area contributed by atoms with Crippen molar-refractivity contribution in [2.24, 2.45) is 0 Å². The maximum Gasteiger partial charge on any atom is 0.272 e. The first-order valence-corrected chi connectivity index (χ1v) is 7.85. The van der Waals surface area contributed by atoms with Crippen molar-refractivity contribution in [2.75, 3.05) is 0 Å². The molecule has 0 aliphatic carbocycles. The summed E-state index contributed by atoms with van der Waals surface area (Å²) >= 11 is 0. The smallest absolute Gasteiger partial charge is 0.272 e. The van der Waals surface area contributed by atoms with E-state index >= 15 is 0 Å². The SMILES string of the molecule is Cc1[nH]cnc1C=c1[nH]c(=O)c(=Cc2nc[nH]c2C(C)(C)C)[nH]c1=O. The van der Waals surface area contributed by atoms with Crippen molar-refractivity contribution < 1.29 is 0 Å². The quantitative estimate of drug-likeness (QED) is 0.515. The number of nitrogens with one attached hydrogen (secondary N) is 4. The van der Waals surface area contributed by atoms with E-state index in [1.165, 1.54) is 12.4 Å². The van der Waals surface area contributed by atoms with Crippen molar-refractivity contribution in [3.05, 3.63) is 66.8 Å². The molecule has 3 aromatic rings. The van der Waals surface area contributed by atoms with Crippen LogP contribution in [0.2, 0.25) is 0 Å². The largest absolute Gasteiger partial charge is 0.348 e. The standard InChI is InChI=1S/C17H20N6O2/c1-9-10(19-7-18-9)5-12-15(24)23-13(16(25)22-12)6-11-14(17(2,3)4)21-8-20-11/h5-8H,1-4H3,(H,18,19)(H,20,21)(H,22,25)(H,23,24). The molecule has 0 fully saturated rings. The van der Waals surface area contributed by atoms with Crippen LogP contribution in [0.3, 0.4) is 0 Å². The van der Waals surface area contributed by atoms with E-state index in [4.69, 9.17) is 0 Å². The van der Waals surface area contributed by atoms with Crippen LogP contribution in [-0.4, -0.2) is 29.9 Å². The average Bonchev–Trinajstić information content (AvgIpc) is 3.13. The summed E-state index contributed by atoms with van der Waals surface area (Å²) in [6.45, 7) is 7.94. The summed E-state index contributed by atoms with van der Waals surface area (Å²) in [5.41, 5.74) is 1.94. The average molecular weight is 340 g/mol. The van der Waals surface area contributed by atoms with Crippen LogP contribution in [0.15, 0.2) is 22.2 Å². The molecule has 4 N–H and O–H groups in total. The molecule has 0 radical (unpaired) electrons. The fourth-order valence-corrected chi connectivity index (χ4v) is 2.50. The van der Waals surface area contributed by atoms with Gasteiger partial charge in [-0.1, -0.05) is 20.8 Å². The van der Waals surface area contributed by atoms with Gasteiger partial charge in [0.05, 0.1) is 24.0 Å². The van der Waals surface area contributed by atoms with Crippen LogP contribution in [-0.2, 0) is 5.41 Å². The van der Waals surface area contributed by atoms with Crippen molar-refractivity contribution in [2.45, 2.75) is 33.1 Å². The molecule has 0 aliphatic rings. The van der Waals surface area contributed by atoms with Crippen molar-refractivity contribution in [3.8, 4) is 0 Å². The number of aryl methyl sites for hydroxylation is 1. The first kappa shape index (κ1) is 16.7. The fourth-order valence-electron chi connectivity index (χ4n) is 2.50. The van der Waals surface area contributed by atoms with Crippen molar-refractivity contribution in [3.63, 3.8) is 0 Å². The first-order chi connectivity index (χ1) is 11.8. The Balaban J connectivity index is 2.16. The lowest BCUT2D eigenvalue weighted by Crippen LogP contribution is -2.46. The second-order valence-corrected chi connectivity index (χ2v) is 6.85. The third kappa shape index (κ3) is 3.37. The molecular weight excluding hydrogens is 320 g/mol. The summed E-state index contributed by atoms with van der Waals surface area (Å²) in [6.07, 6.45) is 6.20. The summed E-state index contributed by atoms with van der Waals surface area (Å²) < 4.78 is 0. The Hall–Kier alpha value is -3.16. The van der Waals surface area contributed by atoms with Gasteiger partial charge in [0.15, 0.2) is 0 Å². The minimum Gasteiger partial charge on any atom is -0.348 e. The Morgan fingerprint density at radius 2 is 1.40 bits per heavy atom. The highest BCUT2D eigenvalue weighted by molar-refractivity contribution is 5.48. The molecule has 3 aromatic heterocycles. The van der Waals surface area contributed by atoms with E-state index < -0.39 is 11.1 Å². The number of hydrogen-bond donors (Lipinski definition) is 4. The van der Waals surface area contributed by atoms with E-state index in [1.54, 1.807) is 12.4 Å². The molecule has 0 bridgehead atoms. The topological polar surface area (TPSA) is 123 Å². The third-order valence-corrected chi connectivity index (χ3v) is 3.84. The molecule has 130 valence electrons. The number of hydrogen-bond acceptors (Lipinski definition) is 4. The van der Waals surface area contributed by atoms with E-state index in [9.17, 15) is 9.59 Å². The second kappa shape index (κ2) is 6.04. The molecule has 25 heavy (non-hydrogen) atoms. The zero-order chi connectivity index (χ0) is 18.2. The highest BCUT2D eigenvalue weighted by Crippen LogP contribution is 2.22. The molecule has 0 unspecified atom stereocenters. The predicted molar refractivity (Wildman–Crippen MR) is 94.7 cm³/mol. The van der Waals surface area contributed by atoms with Crippen molar-refractivity contribution in [1.82, 2.24) is 29.9 Å². The maximum absolute atomic E-state index is 12.3. The Morgan fingerprint density at radius 3 is 1.92 bits per heavy atom. The van der Waals surface area contributed by atoms with Crippen LogP contribution in [0.25, 0.3) is 12.2 Å². The highest BCUT2D eigenvalue weighted by atomic mass is 16.1. The molecule has 0 aromatic carbocycles. The normalized spacial score (nSPS) is 13.6. The lowest BCUT2D eigenvalue weighted by molar-refractivity contribution is 0.571. The van der Waals surface area contributed by atoms with Gasteiger partial charge in [0.25, 0.3) is 11.1 Å². The number of H-pyrrole nitrogens is 4. The van der Waals surface area contributed by atoms with Crippen LogP contribution in [0.5, 0.6) is 0 Å². The summed E-state index contributed by atoms with van der Waals surface area (Å²) in [5, 5.41) is 0.300.